The van der Waals surface area contributed by atoms with Crippen molar-refractivity contribution in [1.29, 1.82) is 5.26 Å². The lowest BCUT2D eigenvalue weighted by molar-refractivity contribution is -0.137. The minimum atomic E-state index is -4.59. The number of hydrogen-bond donors (Lipinski definition) is 2. The Hall–Kier alpha value is -3.80. The predicted octanol–water partition coefficient (Wildman–Crippen LogP) is 5.14. The summed E-state index contributed by atoms with van der Waals surface area (Å²) < 4.78 is 38.9. The molecule has 2 aromatic carbocycles. The number of nitrogens with zero attached hydrogens (tertiary/aromatic N) is 2. The molecule has 9 heteroatoms. The van der Waals surface area contributed by atoms with Crippen LogP contribution in [0.1, 0.15) is 30.4 Å². The number of benzene rings is 2. The van der Waals surface area contributed by atoms with E-state index in [2.05, 4.69) is 5.32 Å². The summed E-state index contributed by atoms with van der Waals surface area (Å²) in [6.07, 6.45) is -3.87. The van der Waals surface area contributed by atoms with E-state index in [0.717, 1.165) is 23.1 Å². The van der Waals surface area contributed by atoms with E-state index in [9.17, 15) is 27.9 Å². The number of carbonyl (C=O) groups excluding carboxylic acids is 2. The summed E-state index contributed by atoms with van der Waals surface area (Å²) in [6.45, 7) is 0. The highest BCUT2D eigenvalue weighted by Gasteiger charge is 2.33. The number of allylic oxidation sites excluding steroid dienone is 2. The van der Waals surface area contributed by atoms with E-state index in [-0.39, 0.29) is 35.7 Å². The molecule has 0 atom stereocenters. The molecule has 154 valence electrons. The van der Waals surface area contributed by atoms with Gasteiger partial charge in [-0.3, -0.25) is 9.69 Å². The van der Waals surface area contributed by atoms with E-state index in [1.54, 1.807) is 0 Å². The molecule has 0 saturated carbocycles. The number of aliphatic hydroxyl groups excluding tert-OH is 1. The van der Waals surface area contributed by atoms with Crippen LogP contribution in [0, 0.1) is 11.3 Å². The van der Waals surface area contributed by atoms with Gasteiger partial charge in [-0.15, -0.1) is 0 Å². The second-order valence-corrected chi connectivity index (χ2v) is 6.57. The Kier molecular flexibility index (Phi) is 5.78. The Balaban J connectivity index is 2.01. The summed E-state index contributed by atoms with van der Waals surface area (Å²) in [6, 6.07) is 10.7. The van der Waals surface area contributed by atoms with Crippen molar-refractivity contribution in [3.63, 3.8) is 0 Å². The molecule has 0 bridgehead atoms. The van der Waals surface area contributed by atoms with E-state index < -0.39 is 23.6 Å². The molecule has 2 aromatic rings. The van der Waals surface area contributed by atoms with Gasteiger partial charge in [0.2, 0.25) is 0 Å². The van der Waals surface area contributed by atoms with Crippen LogP contribution in [0.4, 0.5) is 29.3 Å². The maximum absolute atomic E-state index is 13.0. The topological polar surface area (TPSA) is 93.4 Å². The minimum absolute atomic E-state index is 0.114. The first-order chi connectivity index (χ1) is 14.2. The van der Waals surface area contributed by atoms with Gasteiger partial charge < -0.3 is 10.4 Å². The summed E-state index contributed by atoms with van der Waals surface area (Å²) >= 11 is 0. The molecular formula is C21H16F3N3O3. The average Bonchev–Trinajstić information content (AvgIpc) is 2.70. The standard InChI is InChI=1S/C21H16F3N3O3/c22-21(23,24)14-3-1-4-15(11-14)26-20(30)27(16-9-7-13(12-25)8-10-16)19-17(28)5-2-6-18(19)29/h1,3-4,7-11,28H,2,5-6H2,(H,26,30). The normalized spacial score (nSPS) is 14.3. The van der Waals surface area contributed by atoms with Crippen molar-refractivity contribution in [2.24, 2.45) is 0 Å². The quantitative estimate of drug-likeness (QED) is 0.726. The van der Waals surface area contributed by atoms with Crippen LogP contribution in [-0.4, -0.2) is 16.9 Å². The molecule has 3 rings (SSSR count). The number of alkyl halides is 3. The Morgan fingerprint density at radius 2 is 1.83 bits per heavy atom. The van der Waals surface area contributed by atoms with Crippen molar-refractivity contribution in [2.45, 2.75) is 25.4 Å². The first-order valence-corrected chi connectivity index (χ1v) is 8.94. The second-order valence-electron chi connectivity index (χ2n) is 6.57. The fourth-order valence-corrected chi connectivity index (χ4v) is 3.05. The van der Waals surface area contributed by atoms with E-state index in [0.29, 0.717) is 12.0 Å². The van der Waals surface area contributed by atoms with Crippen LogP contribution in [0.5, 0.6) is 0 Å². The van der Waals surface area contributed by atoms with Gasteiger partial charge in [0.15, 0.2) is 5.78 Å². The van der Waals surface area contributed by atoms with E-state index in [1.165, 1.54) is 30.3 Å². The molecule has 0 radical (unpaired) electrons. The number of urea groups is 1. The Morgan fingerprint density at radius 3 is 2.43 bits per heavy atom. The van der Waals surface area contributed by atoms with E-state index >= 15 is 0 Å². The van der Waals surface area contributed by atoms with Crippen LogP contribution in [0.25, 0.3) is 0 Å². The van der Waals surface area contributed by atoms with Gasteiger partial charge in [-0.05, 0) is 48.9 Å². The van der Waals surface area contributed by atoms with Crippen molar-refractivity contribution < 1.29 is 27.9 Å². The zero-order chi connectivity index (χ0) is 21.9. The van der Waals surface area contributed by atoms with Gasteiger partial charge in [0.1, 0.15) is 11.5 Å². The van der Waals surface area contributed by atoms with Crippen molar-refractivity contribution in [3.05, 3.63) is 71.1 Å². The lowest BCUT2D eigenvalue weighted by Crippen LogP contribution is -2.39. The number of aliphatic hydroxyl groups is 1. The number of hydrogen-bond acceptors (Lipinski definition) is 4. The highest BCUT2D eigenvalue weighted by atomic mass is 19.4. The monoisotopic (exact) mass is 415 g/mol. The second kappa shape index (κ2) is 8.29. The zero-order valence-electron chi connectivity index (χ0n) is 15.5. The molecule has 1 aliphatic rings. The first kappa shape index (κ1) is 20.9. The van der Waals surface area contributed by atoms with Gasteiger partial charge in [0.05, 0.1) is 22.9 Å². The van der Waals surface area contributed by atoms with Crippen molar-refractivity contribution in [3.8, 4) is 6.07 Å². The molecular weight excluding hydrogens is 399 g/mol. The smallest absolute Gasteiger partial charge is 0.416 e. The Labute approximate surface area is 169 Å². The average molecular weight is 415 g/mol. The lowest BCUT2D eigenvalue weighted by atomic mass is 10.00. The van der Waals surface area contributed by atoms with Crippen LogP contribution in [-0.2, 0) is 11.0 Å². The van der Waals surface area contributed by atoms with Crippen LogP contribution < -0.4 is 10.2 Å². The van der Waals surface area contributed by atoms with Gasteiger partial charge >= 0.3 is 12.2 Å². The van der Waals surface area contributed by atoms with Crippen LogP contribution >= 0.6 is 0 Å². The molecule has 0 fully saturated rings. The number of amides is 2. The summed E-state index contributed by atoms with van der Waals surface area (Å²) in [7, 11) is 0. The van der Waals surface area contributed by atoms with E-state index in [1.807, 2.05) is 6.07 Å². The molecule has 0 spiro atoms. The van der Waals surface area contributed by atoms with Gasteiger partial charge in [-0.2, -0.15) is 18.4 Å². The Morgan fingerprint density at radius 1 is 1.13 bits per heavy atom. The van der Waals surface area contributed by atoms with Crippen molar-refractivity contribution in [1.82, 2.24) is 0 Å². The summed E-state index contributed by atoms with van der Waals surface area (Å²) in [4.78, 5) is 26.3. The molecule has 0 unspecified atom stereocenters. The van der Waals surface area contributed by atoms with Gasteiger partial charge in [0, 0.05) is 18.5 Å². The van der Waals surface area contributed by atoms with Crippen LogP contribution in [0.2, 0.25) is 0 Å². The molecule has 6 nitrogen and oxygen atoms in total. The lowest BCUT2D eigenvalue weighted by Gasteiger charge is -2.28. The SMILES string of the molecule is N#Cc1ccc(N(C(=O)Nc2cccc(C(F)(F)F)c2)C2=C(O)CCCC2=O)cc1. The number of nitrogens with one attached hydrogen (secondary N) is 1. The molecule has 2 amide bonds. The zero-order valence-corrected chi connectivity index (χ0v) is 15.5. The molecule has 30 heavy (non-hydrogen) atoms. The third-order valence-electron chi connectivity index (χ3n) is 4.48. The fourth-order valence-electron chi connectivity index (χ4n) is 3.05. The predicted molar refractivity (Wildman–Crippen MR) is 103 cm³/mol. The van der Waals surface area contributed by atoms with Crippen LogP contribution in [0.15, 0.2) is 60.0 Å². The number of anilines is 2. The third kappa shape index (κ3) is 4.43. The number of halogens is 3. The number of carbonyl (C=O) groups is 2. The van der Waals surface area contributed by atoms with Crippen molar-refractivity contribution in [2.75, 3.05) is 10.2 Å². The third-order valence-corrected chi connectivity index (χ3v) is 4.48. The number of rotatable bonds is 3. The molecule has 1 aliphatic carbocycles. The number of Topliss-reactive ketones (excluding diaryl/α,β-unsaturated/α-hetero) is 1. The maximum atomic E-state index is 13.0. The molecule has 0 aromatic heterocycles. The van der Waals surface area contributed by atoms with Gasteiger partial charge in [-0.1, -0.05) is 6.07 Å². The first-order valence-electron chi connectivity index (χ1n) is 8.94. The highest BCUT2D eigenvalue weighted by Crippen LogP contribution is 2.32. The molecule has 0 saturated heterocycles. The summed E-state index contributed by atoms with van der Waals surface area (Å²) in [5.41, 5.74) is -0.825. The summed E-state index contributed by atoms with van der Waals surface area (Å²) in [5, 5.41) is 21.6. The van der Waals surface area contributed by atoms with Crippen LogP contribution in [0.3, 0.4) is 0 Å². The molecule has 2 N–H and O–H groups in total. The number of ketones is 1. The largest absolute Gasteiger partial charge is 0.510 e. The van der Waals surface area contributed by atoms with Gasteiger partial charge in [-0.25, -0.2) is 4.79 Å². The van der Waals surface area contributed by atoms with E-state index in [4.69, 9.17) is 5.26 Å². The Bertz CT molecular complexity index is 1050. The summed E-state index contributed by atoms with van der Waals surface area (Å²) in [5.74, 6) is -0.753. The fraction of sp³-hybridized carbons (Fsp3) is 0.190. The molecule has 0 aliphatic heterocycles. The van der Waals surface area contributed by atoms with Gasteiger partial charge in [0.25, 0.3) is 0 Å². The number of nitriles is 1. The van der Waals surface area contributed by atoms with Crippen molar-refractivity contribution >= 4 is 23.2 Å². The molecule has 0 heterocycles. The highest BCUT2D eigenvalue weighted by molar-refractivity contribution is 6.13. The maximum Gasteiger partial charge on any atom is 0.416 e. The minimum Gasteiger partial charge on any atom is -0.510 e.